The molecule has 2 rings (SSSR count). The van der Waals surface area contributed by atoms with Gasteiger partial charge in [-0.25, -0.2) is 0 Å². The lowest BCUT2D eigenvalue weighted by Gasteiger charge is -2.07. The minimum atomic E-state index is -0.576. The molecule has 0 bridgehead atoms. The fourth-order valence-corrected chi connectivity index (χ4v) is 1.89. The molecule has 0 spiro atoms. The molecular formula is C13H7Cl2NO4. The number of benzene rings is 2. The molecule has 5 nitrogen and oxygen atoms in total. The number of nitro benzene ring substituents is 1. The molecule has 0 fully saturated rings. The van der Waals surface area contributed by atoms with Crippen molar-refractivity contribution in [2.45, 2.75) is 0 Å². The number of carbonyl (C=O) groups excluding carboxylic acids is 1. The molecule has 0 aromatic heterocycles. The summed E-state index contributed by atoms with van der Waals surface area (Å²) in [5, 5.41) is 11.4. The Morgan fingerprint density at radius 2 is 1.90 bits per heavy atom. The fraction of sp³-hybridized carbons (Fsp3) is 0. The Kier molecular flexibility index (Phi) is 4.22. The normalized spacial score (nSPS) is 10.1. The Morgan fingerprint density at radius 1 is 1.15 bits per heavy atom. The molecule has 0 N–H and O–H groups in total. The van der Waals surface area contributed by atoms with Gasteiger partial charge in [0.05, 0.1) is 9.95 Å². The molecule has 0 saturated heterocycles. The summed E-state index contributed by atoms with van der Waals surface area (Å²) in [4.78, 5) is 21.0. The van der Waals surface area contributed by atoms with Crippen LogP contribution in [0.3, 0.4) is 0 Å². The molecule has 7 heteroatoms. The van der Waals surface area contributed by atoms with Crippen LogP contribution < -0.4 is 4.74 Å². The van der Waals surface area contributed by atoms with E-state index in [4.69, 9.17) is 27.9 Å². The summed E-state index contributed by atoms with van der Waals surface area (Å²) in [6.45, 7) is 0. The predicted octanol–water partition coefficient (Wildman–Crippen LogP) is 4.51. The Hall–Kier alpha value is -2.11. The standard InChI is InChI=1S/C13H7Cl2NO4/c14-9-2-4-12(16(18)19)13(5-9)20-10-3-1-8(7-17)11(15)6-10/h1-7H. The third-order valence-corrected chi connectivity index (χ3v) is 3.01. The molecule has 0 radical (unpaired) electrons. The van der Waals surface area contributed by atoms with Crippen molar-refractivity contribution in [3.05, 3.63) is 62.1 Å². The van der Waals surface area contributed by atoms with Crippen molar-refractivity contribution in [1.82, 2.24) is 0 Å². The minimum Gasteiger partial charge on any atom is -0.450 e. The predicted molar refractivity (Wildman–Crippen MR) is 75.0 cm³/mol. The Morgan fingerprint density at radius 3 is 2.50 bits per heavy atom. The average molecular weight is 312 g/mol. The van der Waals surface area contributed by atoms with Crippen molar-refractivity contribution in [3.63, 3.8) is 0 Å². The van der Waals surface area contributed by atoms with Gasteiger partial charge in [-0.1, -0.05) is 23.2 Å². The first-order valence-electron chi connectivity index (χ1n) is 5.38. The van der Waals surface area contributed by atoms with Gasteiger partial charge in [-0.2, -0.15) is 0 Å². The smallest absolute Gasteiger partial charge is 0.311 e. The number of nitro groups is 1. The molecule has 102 valence electrons. The van der Waals surface area contributed by atoms with Gasteiger partial charge in [-0.3, -0.25) is 14.9 Å². The molecule has 0 saturated carbocycles. The van der Waals surface area contributed by atoms with Crippen LogP contribution in [0.25, 0.3) is 0 Å². The molecule has 0 aliphatic rings. The van der Waals surface area contributed by atoms with E-state index in [2.05, 4.69) is 0 Å². The number of hydrogen-bond acceptors (Lipinski definition) is 4. The van der Waals surface area contributed by atoms with Crippen LogP contribution >= 0.6 is 23.2 Å². The first kappa shape index (κ1) is 14.3. The largest absolute Gasteiger partial charge is 0.450 e. The van der Waals surface area contributed by atoms with Crippen LogP contribution in [0.4, 0.5) is 5.69 Å². The molecule has 2 aromatic carbocycles. The SMILES string of the molecule is O=Cc1ccc(Oc2cc(Cl)ccc2[N+](=O)[O-])cc1Cl. The van der Waals surface area contributed by atoms with E-state index >= 15 is 0 Å². The van der Waals surface area contributed by atoms with Gasteiger partial charge >= 0.3 is 5.69 Å². The van der Waals surface area contributed by atoms with Crippen molar-refractivity contribution in [3.8, 4) is 11.5 Å². The second kappa shape index (κ2) is 5.90. The van der Waals surface area contributed by atoms with Gasteiger partial charge in [0, 0.05) is 28.8 Å². The van der Waals surface area contributed by atoms with Crippen LogP contribution in [0.2, 0.25) is 10.0 Å². The van der Waals surface area contributed by atoms with Crippen molar-refractivity contribution in [2.24, 2.45) is 0 Å². The van der Waals surface area contributed by atoms with Crippen LogP contribution in [0.5, 0.6) is 11.5 Å². The zero-order valence-corrected chi connectivity index (χ0v) is 11.4. The van der Waals surface area contributed by atoms with Gasteiger partial charge in [0.1, 0.15) is 5.75 Å². The maximum atomic E-state index is 10.9. The van der Waals surface area contributed by atoms with E-state index in [0.29, 0.717) is 16.9 Å². The monoisotopic (exact) mass is 311 g/mol. The molecular weight excluding hydrogens is 305 g/mol. The highest BCUT2D eigenvalue weighted by Gasteiger charge is 2.16. The second-order valence-electron chi connectivity index (χ2n) is 3.77. The van der Waals surface area contributed by atoms with Crippen LogP contribution in [-0.4, -0.2) is 11.2 Å². The highest BCUT2D eigenvalue weighted by molar-refractivity contribution is 6.33. The minimum absolute atomic E-state index is 0.00239. The number of halogens is 2. The zero-order chi connectivity index (χ0) is 14.7. The summed E-state index contributed by atoms with van der Waals surface area (Å²) in [5.41, 5.74) is 0.0876. The Balaban J connectivity index is 2.39. The van der Waals surface area contributed by atoms with Crippen molar-refractivity contribution in [1.29, 1.82) is 0 Å². The molecule has 0 atom stereocenters. The summed E-state index contributed by atoms with van der Waals surface area (Å²) in [7, 11) is 0. The number of ether oxygens (including phenoxy) is 1. The van der Waals surface area contributed by atoms with Crippen LogP contribution in [0, 0.1) is 10.1 Å². The van der Waals surface area contributed by atoms with Crippen LogP contribution in [-0.2, 0) is 0 Å². The van der Waals surface area contributed by atoms with Crippen LogP contribution in [0.1, 0.15) is 10.4 Å². The van der Waals surface area contributed by atoms with Gasteiger partial charge in [-0.15, -0.1) is 0 Å². The number of aldehydes is 1. The summed E-state index contributed by atoms with van der Waals surface area (Å²) >= 11 is 11.6. The van der Waals surface area contributed by atoms with E-state index in [-0.39, 0.29) is 22.2 Å². The second-order valence-corrected chi connectivity index (χ2v) is 4.62. The third-order valence-electron chi connectivity index (χ3n) is 2.45. The highest BCUT2D eigenvalue weighted by atomic mass is 35.5. The van der Waals surface area contributed by atoms with E-state index in [1.165, 1.54) is 36.4 Å². The molecule has 20 heavy (non-hydrogen) atoms. The van der Waals surface area contributed by atoms with Gasteiger partial charge in [0.2, 0.25) is 5.75 Å². The molecule has 0 heterocycles. The summed E-state index contributed by atoms with van der Waals surface area (Å²) in [5.74, 6) is 0.267. The number of carbonyl (C=O) groups is 1. The summed E-state index contributed by atoms with van der Waals surface area (Å²) in [6, 6.07) is 8.33. The molecule has 0 amide bonds. The highest BCUT2D eigenvalue weighted by Crippen LogP contribution is 2.34. The number of hydrogen-bond donors (Lipinski definition) is 0. The maximum absolute atomic E-state index is 10.9. The fourth-order valence-electron chi connectivity index (χ4n) is 1.51. The van der Waals surface area contributed by atoms with E-state index in [1.807, 2.05) is 0 Å². The molecule has 0 unspecified atom stereocenters. The topological polar surface area (TPSA) is 69.4 Å². The summed E-state index contributed by atoms with van der Waals surface area (Å²) < 4.78 is 5.41. The van der Waals surface area contributed by atoms with E-state index in [0.717, 1.165) is 0 Å². The first-order valence-corrected chi connectivity index (χ1v) is 6.13. The van der Waals surface area contributed by atoms with Crippen molar-refractivity contribution < 1.29 is 14.5 Å². The van der Waals surface area contributed by atoms with Gasteiger partial charge in [-0.05, 0) is 18.2 Å². The lowest BCUT2D eigenvalue weighted by Crippen LogP contribution is -1.94. The third kappa shape index (κ3) is 3.07. The zero-order valence-electron chi connectivity index (χ0n) is 9.88. The van der Waals surface area contributed by atoms with Crippen molar-refractivity contribution >= 4 is 35.2 Å². The molecule has 2 aromatic rings. The van der Waals surface area contributed by atoms with Gasteiger partial charge in [0.25, 0.3) is 0 Å². The number of nitrogens with zero attached hydrogens (tertiary/aromatic N) is 1. The average Bonchev–Trinajstić information content (AvgIpc) is 2.38. The van der Waals surface area contributed by atoms with Gasteiger partial charge in [0.15, 0.2) is 6.29 Å². The van der Waals surface area contributed by atoms with Crippen LogP contribution in [0.15, 0.2) is 36.4 Å². The van der Waals surface area contributed by atoms with E-state index in [1.54, 1.807) is 0 Å². The maximum Gasteiger partial charge on any atom is 0.311 e. The van der Waals surface area contributed by atoms with E-state index in [9.17, 15) is 14.9 Å². The number of rotatable bonds is 4. The molecule has 0 aliphatic carbocycles. The first-order chi connectivity index (χ1) is 9.51. The summed E-state index contributed by atoms with van der Waals surface area (Å²) in [6.07, 6.45) is 0.605. The Bertz CT molecular complexity index is 688. The van der Waals surface area contributed by atoms with Gasteiger partial charge < -0.3 is 4.74 Å². The lowest BCUT2D eigenvalue weighted by atomic mass is 10.2. The molecule has 0 aliphatic heterocycles. The van der Waals surface area contributed by atoms with Crippen molar-refractivity contribution in [2.75, 3.05) is 0 Å². The quantitative estimate of drug-likeness (QED) is 0.473. The van der Waals surface area contributed by atoms with E-state index < -0.39 is 4.92 Å². The Labute approximate surface area is 123 Å². The lowest BCUT2D eigenvalue weighted by molar-refractivity contribution is -0.385.